The van der Waals surface area contributed by atoms with Gasteiger partial charge in [-0.25, -0.2) is 0 Å². The Morgan fingerprint density at radius 2 is 2.08 bits per heavy atom. The lowest BCUT2D eigenvalue weighted by atomic mass is 10.2. The molecule has 0 amide bonds. The van der Waals surface area contributed by atoms with Crippen molar-refractivity contribution in [1.29, 1.82) is 0 Å². The fourth-order valence-electron chi connectivity index (χ4n) is 2.97. The van der Waals surface area contributed by atoms with Crippen LogP contribution in [-0.2, 0) is 0 Å². The van der Waals surface area contributed by atoms with Gasteiger partial charge in [0, 0.05) is 32.7 Å². The van der Waals surface area contributed by atoms with E-state index in [2.05, 4.69) is 52.4 Å². The molecular weight excluding hydrogens is 302 g/mol. The van der Waals surface area contributed by atoms with Gasteiger partial charge in [0.1, 0.15) is 5.76 Å². The van der Waals surface area contributed by atoms with Crippen LogP contribution in [-0.4, -0.2) is 68.6 Å². The molecule has 0 radical (unpaired) electrons. The lowest BCUT2D eigenvalue weighted by Crippen LogP contribution is -2.45. The number of rotatable bonds is 8. The summed E-state index contributed by atoms with van der Waals surface area (Å²) in [6, 6.07) is 4.85. The monoisotopic (exact) mass is 335 g/mol. The number of nitrogens with one attached hydrogen (secondary N) is 2. The molecule has 1 saturated heterocycles. The van der Waals surface area contributed by atoms with Crippen LogP contribution in [0.4, 0.5) is 0 Å². The third-order valence-corrected chi connectivity index (χ3v) is 4.78. The summed E-state index contributed by atoms with van der Waals surface area (Å²) in [4.78, 5) is 9.14. The standard InChI is InChI=1S/C18H33N5O/c1-15(2)22(4)12-9-20-18(19-3)21-14-16(17-8-7-13-24-17)23-10-5-6-11-23/h7-8,13,15-16H,5-6,9-12,14H2,1-4H3,(H2,19,20,21). The summed E-state index contributed by atoms with van der Waals surface area (Å²) in [5.41, 5.74) is 0. The summed E-state index contributed by atoms with van der Waals surface area (Å²) in [6.45, 7) is 9.35. The van der Waals surface area contributed by atoms with E-state index >= 15 is 0 Å². The highest BCUT2D eigenvalue weighted by Crippen LogP contribution is 2.24. The molecule has 1 aliphatic heterocycles. The molecule has 1 aromatic heterocycles. The smallest absolute Gasteiger partial charge is 0.191 e. The Labute approximate surface area is 146 Å². The molecule has 0 spiro atoms. The van der Waals surface area contributed by atoms with E-state index < -0.39 is 0 Å². The Morgan fingerprint density at radius 3 is 2.67 bits per heavy atom. The van der Waals surface area contributed by atoms with Gasteiger partial charge in [0.2, 0.25) is 0 Å². The van der Waals surface area contributed by atoms with E-state index in [0.717, 1.165) is 44.4 Å². The first-order valence-electron chi connectivity index (χ1n) is 9.04. The molecule has 1 aliphatic rings. The molecule has 6 heteroatoms. The van der Waals surface area contributed by atoms with Crippen molar-refractivity contribution in [3.63, 3.8) is 0 Å². The Kier molecular flexibility index (Phi) is 7.59. The molecule has 0 aromatic carbocycles. The third kappa shape index (κ3) is 5.53. The fraction of sp³-hybridized carbons (Fsp3) is 0.722. The highest BCUT2D eigenvalue weighted by atomic mass is 16.3. The quantitative estimate of drug-likeness (QED) is 0.561. The number of hydrogen-bond donors (Lipinski definition) is 2. The second-order valence-electron chi connectivity index (χ2n) is 6.73. The highest BCUT2D eigenvalue weighted by Gasteiger charge is 2.25. The van der Waals surface area contributed by atoms with Gasteiger partial charge in [0.05, 0.1) is 12.3 Å². The predicted molar refractivity (Wildman–Crippen MR) is 99.4 cm³/mol. The highest BCUT2D eigenvalue weighted by molar-refractivity contribution is 5.79. The van der Waals surface area contributed by atoms with Crippen molar-refractivity contribution >= 4 is 5.96 Å². The van der Waals surface area contributed by atoms with Crippen LogP contribution in [0.1, 0.15) is 38.5 Å². The Balaban J connectivity index is 1.83. The van der Waals surface area contributed by atoms with Crippen molar-refractivity contribution in [3.05, 3.63) is 24.2 Å². The maximum absolute atomic E-state index is 5.66. The van der Waals surface area contributed by atoms with Crippen molar-refractivity contribution in [2.24, 2.45) is 4.99 Å². The first kappa shape index (κ1) is 18.8. The van der Waals surface area contributed by atoms with Crippen molar-refractivity contribution < 1.29 is 4.42 Å². The SMILES string of the molecule is CN=C(NCCN(C)C(C)C)NCC(c1ccco1)N1CCCC1. The van der Waals surface area contributed by atoms with Gasteiger partial charge < -0.3 is 20.0 Å². The van der Waals surface area contributed by atoms with E-state index in [1.54, 1.807) is 6.26 Å². The molecular formula is C18H33N5O. The van der Waals surface area contributed by atoms with E-state index in [9.17, 15) is 0 Å². The molecule has 136 valence electrons. The van der Waals surface area contributed by atoms with Crippen molar-refractivity contribution in [2.45, 2.75) is 38.8 Å². The number of likely N-dealkylation sites (N-methyl/N-ethyl adjacent to an activating group) is 1. The normalized spacial score (nSPS) is 17.7. The molecule has 0 aliphatic carbocycles. The number of aliphatic imine (C=N–C) groups is 1. The van der Waals surface area contributed by atoms with Gasteiger partial charge in [-0.05, 0) is 59.0 Å². The maximum Gasteiger partial charge on any atom is 0.191 e. The van der Waals surface area contributed by atoms with E-state index in [1.165, 1.54) is 12.8 Å². The zero-order chi connectivity index (χ0) is 17.4. The molecule has 2 N–H and O–H groups in total. The van der Waals surface area contributed by atoms with Gasteiger partial charge >= 0.3 is 0 Å². The van der Waals surface area contributed by atoms with Gasteiger partial charge in [-0.1, -0.05) is 0 Å². The maximum atomic E-state index is 5.66. The molecule has 1 atom stereocenters. The second kappa shape index (κ2) is 9.69. The van der Waals surface area contributed by atoms with Crippen LogP contribution < -0.4 is 10.6 Å². The molecule has 24 heavy (non-hydrogen) atoms. The van der Waals surface area contributed by atoms with Crippen LogP contribution in [0.5, 0.6) is 0 Å². The minimum atomic E-state index is 0.263. The summed E-state index contributed by atoms with van der Waals surface area (Å²) in [5.74, 6) is 1.88. The van der Waals surface area contributed by atoms with E-state index in [0.29, 0.717) is 6.04 Å². The van der Waals surface area contributed by atoms with Gasteiger partial charge in [-0.15, -0.1) is 0 Å². The molecule has 2 rings (SSSR count). The molecule has 1 unspecified atom stereocenters. The van der Waals surface area contributed by atoms with Crippen LogP contribution in [0.2, 0.25) is 0 Å². The molecule has 1 fully saturated rings. The topological polar surface area (TPSA) is 56.0 Å². The van der Waals surface area contributed by atoms with Crippen LogP contribution >= 0.6 is 0 Å². The van der Waals surface area contributed by atoms with Gasteiger partial charge in [0.25, 0.3) is 0 Å². The number of likely N-dealkylation sites (tertiary alicyclic amines) is 1. The van der Waals surface area contributed by atoms with Crippen LogP contribution in [0, 0.1) is 0 Å². The third-order valence-electron chi connectivity index (χ3n) is 4.78. The fourth-order valence-corrected chi connectivity index (χ4v) is 2.97. The zero-order valence-corrected chi connectivity index (χ0v) is 15.6. The second-order valence-corrected chi connectivity index (χ2v) is 6.73. The summed E-state index contributed by atoms with van der Waals surface area (Å²) >= 11 is 0. The minimum Gasteiger partial charge on any atom is -0.468 e. The number of furan rings is 1. The van der Waals surface area contributed by atoms with Gasteiger partial charge in [0.15, 0.2) is 5.96 Å². The Bertz CT molecular complexity index is 480. The van der Waals surface area contributed by atoms with Crippen molar-refractivity contribution in [1.82, 2.24) is 20.4 Å². The molecule has 0 bridgehead atoms. The number of hydrogen-bond acceptors (Lipinski definition) is 4. The van der Waals surface area contributed by atoms with Crippen molar-refractivity contribution in [3.8, 4) is 0 Å². The molecule has 6 nitrogen and oxygen atoms in total. The minimum absolute atomic E-state index is 0.263. The van der Waals surface area contributed by atoms with Crippen LogP contribution in [0.3, 0.4) is 0 Å². The first-order valence-corrected chi connectivity index (χ1v) is 9.04. The average molecular weight is 335 g/mol. The summed E-state index contributed by atoms with van der Waals surface area (Å²) < 4.78 is 5.66. The predicted octanol–water partition coefficient (Wildman–Crippen LogP) is 1.92. The van der Waals surface area contributed by atoms with Gasteiger partial charge in [-0.3, -0.25) is 9.89 Å². The summed E-state index contributed by atoms with van der Waals surface area (Å²) in [7, 11) is 3.96. The zero-order valence-electron chi connectivity index (χ0n) is 15.6. The molecule has 1 aromatic rings. The van der Waals surface area contributed by atoms with E-state index in [4.69, 9.17) is 4.42 Å². The largest absolute Gasteiger partial charge is 0.468 e. The Morgan fingerprint density at radius 1 is 1.33 bits per heavy atom. The lowest BCUT2D eigenvalue weighted by molar-refractivity contribution is 0.215. The van der Waals surface area contributed by atoms with Crippen molar-refractivity contribution in [2.75, 3.05) is 46.8 Å². The average Bonchev–Trinajstić information content (AvgIpc) is 3.27. The number of nitrogens with zero attached hydrogens (tertiary/aromatic N) is 3. The summed E-state index contributed by atoms with van der Waals surface area (Å²) in [6.07, 6.45) is 4.30. The lowest BCUT2D eigenvalue weighted by Gasteiger charge is -2.27. The number of guanidine groups is 1. The summed E-state index contributed by atoms with van der Waals surface area (Å²) in [5, 5.41) is 6.85. The van der Waals surface area contributed by atoms with Crippen LogP contribution in [0.15, 0.2) is 27.8 Å². The van der Waals surface area contributed by atoms with Gasteiger partial charge in [-0.2, -0.15) is 0 Å². The van der Waals surface area contributed by atoms with E-state index in [1.807, 2.05) is 13.1 Å². The Hall–Kier alpha value is -1.53. The van der Waals surface area contributed by atoms with Crippen LogP contribution in [0.25, 0.3) is 0 Å². The molecule has 2 heterocycles. The van der Waals surface area contributed by atoms with E-state index in [-0.39, 0.29) is 6.04 Å². The first-order chi connectivity index (χ1) is 11.6. The molecule has 0 saturated carbocycles.